The van der Waals surface area contributed by atoms with Crippen LogP contribution in [0.2, 0.25) is 0 Å². The number of nitrogens with zero attached hydrogens (tertiary/aromatic N) is 1. The molecule has 3 aromatic rings. The van der Waals surface area contributed by atoms with E-state index in [2.05, 4.69) is 5.32 Å². The number of carbonyl (C=O) groups excluding carboxylic acids is 1. The Morgan fingerprint density at radius 2 is 1.52 bits per heavy atom. The molecule has 29 heavy (non-hydrogen) atoms. The van der Waals surface area contributed by atoms with Gasteiger partial charge in [-0.05, 0) is 75.6 Å². The van der Waals surface area contributed by atoms with Gasteiger partial charge in [-0.1, -0.05) is 18.2 Å². The first-order valence-electron chi connectivity index (χ1n) is 9.25. The second-order valence-corrected chi connectivity index (χ2v) is 7.34. The van der Waals surface area contributed by atoms with E-state index in [0.29, 0.717) is 22.6 Å². The van der Waals surface area contributed by atoms with Crippen LogP contribution < -0.4 is 5.32 Å². The number of alkyl halides is 3. The number of nitrogens with one attached hydrogen (secondary N) is 1. The van der Waals surface area contributed by atoms with Crippen molar-refractivity contribution in [3.05, 3.63) is 81.7 Å². The van der Waals surface area contributed by atoms with Crippen molar-refractivity contribution in [2.75, 3.05) is 5.32 Å². The zero-order valence-corrected chi connectivity index (χ0v) is 17.0. The third kappa shape index (κ3) is 3.92. The lowest BCUT2D eigenvalue weighted by molar-refractivity contribution is -0.137. The van der Waals surface area contributed by atoms with Crippen LogP contribution in [0.3, 0.4) is 0 Å². The minimum atomic E-state index is -4.49. The molecule has 0 saturated heterocycles. The predicted octanol–water partition coefficient (Wildman–Crippen LogP) is 6.29. The van der Waals surface area contributed by atoms with Gasteiger partial charge in [0.05, 0.1) is 16.8 Å². The Hall–Kier alpha value is -3.02. The molecule has 0 aliphatic rings. The average molecular weight is 400 g/mol. The summed E-state index contributed by atoms with van der Waals surface area (Å²) in [5.41, 5.74) is 4.43. The zero-order chi connectivity index (χ0) is 21.5. The SMILES string of the molecule is Cc1cc(C)c(NC(=O)c2cc(C)n(-c3ccccc3C(F)(F)F)c2C)cc1C. The second-order valence-electron chi connectivity index (χ2n) is 7.34. The molecule has 0 atom stereocenters. The summed E-state index contributed by atoms with van der Waals surface area (Å²) in [7, 11) is 0. The summed E-state index contributed by atoms with van der Waals surface area (Å²) in [5, 5.41) is 2.90. The Balaban J connectivity index is 2.03. The van der Waals surface area contributed by atoms with E-state index in [4.69, 9.17) is 0 Å². The lowest BCUT2D eigenvalue weighted by Gasteiger charge is -2.17. The number of carbonyl (C=O) groups is 1. The van der Waals surface area contributed by atoms with Crippen molar-refractivity contribution >= 4 is 11.6 Å². The summed E-state index contributed by atoms with van der Waals surface area (Å²) in [6, 6.07) is 10.9. The first-order valence-corrected chi connectivity index (χ1v) is 9.25. The molecule has 0 bridgehead atoms. The molecule has 0 aliphatic heterocycles. The van der Waals surface area contributed by atoms with Crippen LogP contribution in [0.15, 0.2) is 42.5 Å². The molecule has 1 heterocycles. The second kappa shape index (κ2) is 7.43. The molecule has 0 saturated carbocycles. The van der Waals surface area contributed by atoms with Gasteiger partial charge in [-0.15, -0.1) is 0 Å². The maximum atomic E-state index is 13.5. The van der Waals surface area contributed by atoms with E-state index in [-0.39, 0.29) is 11.6 Å². The predicted molar refractivity (Wildman–Crippen MR) is 109 cm³/mol. The Labute approximate surface area is 168 Å². The molecule has 0 fully saturated rings. The molecule has 152 valence electrons. The van der Waals surface area contributed by atoms with E-state index in [9.17, 15) is 18.0 Å². The minimum Gasteiger partial charge on any atom is -0.322 e. The number of hydrogen-bond acceptors (Lipinski definition) is 1. The van der Waals surface area contributed by atoms with Gasteiger partial charge in [-0.25, -0.2) is 0 Å². The number of aryl methyl sites for hydroxylation is 4. The van der Waals surface area contributed by atoms with Gasteiger partial charge >= 0.3 is 6.18 Å². The first-order chi connectivity index (χ1) is 13.5. The van der Waals surface area contributed by atoms with Crippen LogP contribution in [0.4, 0.5) is 18.9 Å². The fraction of sp³-hybridized carbons (Fsp3) is 0.261. The Morgan fingerprint density at radius 1 is 0.897 bits per heavy atom. The number of halogens is 3. The highest BCUT2D eigenvalue weighted by Gasteiger charge is 2.34. The standard InChI is InChI=1S/C23H23F3N2O/c1-13-10-15(3)20(11-14(13)2)27-22(29)18-12-16(4)28(17(18)5)21-9-7-6-8-19(21)23(24,25)26/h6-12H,1-5H3,(H,27,29). The molecule has 3 rings (SSSR count). The molecule has 0 unspecified atom stereocenters. The third-order valence-electron chi connectivity index (χ3n) is 5.22. The van der Waals surface area contributed by atoms with Crippen molar-refractivity contribution in [1.29, 1.82) is 0 Å². The van der Waals surface area contributed by atoms with Crippen molar-refractivity contribution in [2.24, 2.45) is 0 Å². The molecule has 1 amide bonds. The van der Waals surface area contributed by atoms with E-state index in [1.807, 2.05) is 32.9 Å². The number of para-hydroxylation sites is 1. The van der Waals surface area contributed by atoms with E-state index in [1.165, 1.54) is 16.7 Å². The Morgan fingerprint density at radius 3 is 2.17 bits per heavy atom. The fourth-order valence-corrected chi connectivity index (χ4v) is 3.56. The molecule has 6 heteroatoms. The molecular weight excluding hydrogens is 377 g/mol. The number of aromatic nitrogens is 1. The third-order valence-corrected chi connectivity index (χ3v) is 5.22. The van der Waals surface area contributed by atoms with Gasteiger partial charge in [0.2, 0.25) is 0 Å². The molecule has 3 nitrogen and oxygen atoms in total. The van der Waals surface area contributed by atoms with Crippen LogP contribution >= 0.6 is 0 Å². The highest BCUT2D eigenvalue weighted by Crippen LogP contribution is 2.35. The van der Waals surface area contributed by atoms with Crippen LogP contribution in [0.1, 0.15) is 44.0 Å². The van der Waals surface area contributed by atoms with Crippen molar-refractivity contribution in [3.8, 4) is 5.69 Å². The maximum absolute atomic E-state index is 13.5. The number of rotatable bonds is 3. The lowest BCUT2D eigenvalue weighted by atomic mass is 10.0. The van der Waals surface area contributed by atoms with Crippen LogP contribution in [-0.2, 0) is 6.18 Å². The van der Waals surface area contributed by atoms with Gasteiger partial charge in [0.1, 0.15) is 0 Å². The molecule has 1 aromatic heterocycles. The van der Waals surface area contributed by atoms with E-state index in [0.717, 1.165) is 22.8 Å². The van der Waals surface area contributed by atoms with Crippen LogP contribution in [-0.4, -0.2) is 10.5 Å². The van der Waals surface area contributed by atoms with Crippen LogP contribution in [0.5, 0.6) is 0 Å². The largest absolute Gasteiger partial charge is 0.418 e. The molecule has 2 aromatic carbocycles. The summed E-state index contributed by atoms with van der Waals surface area (Å²) < 4.78 is 41.9. The highest BCUT2D eigenvalue weighted by molar-refractivity contribution is 6.05. The smallest absolute Gasteiger partial charge is 0.322 e. The molecule has 1 N–H and O–H groups in total. The van der Waals surface area contributed by atoms with E-state index >= 15 is 0 Å². The topological polar surface area (TPSA) is 34.0 Å². The van der Waals surface area contributed by atoms with Gasteiger partial charge in [0.25, 0.3) is 5.91 Å². The summed E-state index contributed by atoms with van der Waals surface area (Å²) >= 11 is 0. The van der Waals surface area contributed by atoms with Crippen molar-refractivity contribution in [1.82, 2.24) is 4.57 Å². The van der Waals surface area contributed by atoms with Gasteiger partial charge < -0.3 is 9.88 Å². The summed E-state index contributed by atoms with van der Waals surface area (Å²) in [5.74, 6) is -0.347. The highest BCUT2D eigenvalue weighted by atomic mass is 19.4. The lowest BCUT2D eigenvalue weighted by Crippen LogP contribution is -2.15. The fourth-order valence-electron chi connectivity index (χ4n) is 3.56. The normalized spacial score (nSPS) is 11.6. The molecular formula is C23H23F3N2O. The van der Waals surface area contributed by atoms with Gasteiger partial charge in [0, 0.05) is 17.1 Å². The number of benzene rings is 2. The quantitative estimate of drug-likeness (QED) is 0.551. The summed E-state index contributed by atoms with van der Waals surface area (Å²) in [6.07, 6.45) is -4.49. The number of hydrogen-bond donors (Lipinski definition) is 1. The Bertz CT molecular complexity index is 1090. The van der Waals surface area contributed by atoms with Crippen molar-refractivity contribution < 1.29 is 18.0 Å². The van der Waals surface area contributed by atoms with Crippen molar-refractivity contribution in [3.63, 3.8) is 0 Å². The van der Waals surface area contributed by atoms with Gasteiger partial charge in [-0.2, -0.15) is 13.2 Å². The van der Waals surface area contributed by atoms with Crippen molar-refractivity contribution in [2.45, 2.75) is 40.8 Å². The molecule has 0 spiro atoms. The van der Waals surface area contributed by atoms with Crippen LogP contribution in [0.25, 0.3) is 5.69 Å². The number of anilines is 1. The van der Waals surface area contributed by atoms with E-state index in [1.54, 1.807) is 26.0 Å². The number of amides is 1. The maximum Gasteiger partial charge on any atom is 0.418 e. The average Bonchev–Trinajstić information content (AvgIpc) is 2.93. The minimum absolute atomic E-state index is 0.0106. The summed E-state index contributed by atoms with van der Waals surface area (Å²) in [6.45, 7) is 9.22. The Kier molecular flexibility index (Phi) is 5.30. The summed E-state index contributed by atoms with van der Waals surface area (Å²) in [4.78, 5) is 12.9. The van der Waals surface area contributed by atoms with Crippen LogP contribution in [0, 0.1) is 34.6 Å². The van der Waals surface area contributed by atoms with E-state index < -0.39 is 11.7 Å². The zero-order valence-electron chi connectivity index (χ0n) is 17.0. The van der Waals surface area contributed by atoms with Gasteiger partial charge in [-0.3, -0.25) is 4.79 Å². The monoisotopic (exact) mass is 400 g/mol. The first kappa shape index (κ1) is 20.7. The molecule has 0 aliphatic carbocycles. The van der Waals surface area contributed by atoms with Gasteiger partial charge in [0.15, 0.2) is 0 Å². The molecule has 0 radical (unpaired) electrons.